The van der Waals surface area contributed by atoms with Crippen molar-refractivity contribution in [1.82, 2.24) is 0 Å². The van der Waals surface area contributed by atoms with E-state index < -0.39 is 0 Å². The molecule has 2 aromatic carbocycles. The third-order valence-corrected chi connectivity index (χ3v) is 3.28. The molecular formula is C15H12BrNO2. The van der Waals surface area contributed by atoms with Crippen LogP contribution in [0.25, 0.3) is 0 Å². The highest BCUT2D eigenvalue weighted by atomic mass is 79.9. The summed E-state index contributed by atoms with van der Waals surface area (Å²) in [6, 6.07) is 15.0. The number of nitriles is 1. The molecule has 3 nitrogen and oxygen atoms in total. The van der Waals surface area contributed by atoms with Crippen molar-refractivity contribution in [2.24, 2.45) is 0 Å². The van der Waals surface area contributed by atoms with Crippen molar-refractivity contribution in [3.63, 3.8) is 0 Å². The molecule has 0 radical (unpaired) electrons. The predicted molar refractivity (Wildman–Crippen MR) is 76.2 cm³/mol. The fourth-order valence-corrected chi connectivity index (χ4v) is 2.08. The Morgan fingerprint density at radius 1 is 1.16 bits per heavy atom. The molecule has 0 atom stereocenters. The van der Waals surface area contributed by atoms with Crippen LogP contribution in [-0.4, -0.2) is 7.11 Å². The molecule has 0 amide bonds. The van der Waals surface area contributed by atoms with E-state index in [0.717, 1.165) is 15.8 Å². The van der Waals surface area contributed by atoms with Crippen LogP contribution < -0.4 is 9.47 Å². The molecule has 19 heavy (non-hydrogen) atoms. The van der Waals surface area contributed by atoms with Crippen LogP contribution in [0.3, 0.4) is 0 Å². The van der Waals surface area contributed by atoms with Crippen molar-refractivity contribution in [1.29, 1.82) is 5.26 Å². The summed E-state index contributed by atoms with van der Waals surface area (Å²) in [5.41, 5.74) is 1.43. The monoisotopic (exact) mass is 317 g/mol. The van der Waals surface area contributed by atoms with Gasteiger partial charge in [-0.05, 0) is 46.3 Å². The van der Waals surface area contributed by atoms with Gasteiger partial charge in [0.2, 0.25) is 0 Å². The Balaban J connectivity index is 2.19. The number of halogens is 1. The zero-order valence-electron chi connectivity index (χ0n) is 10.4. The average Bonchev–Trinajstić information content (AvgIpc) is 2.46. The summed E-state index contributed by atoms with van der Waals surface area (Å²) in [7, 11) is 1.60. The number of hydrogen-bond acceptors (Lipinski definition) is 3. The minimum Gasteiger partial charge on any atom is -0.496 e. The Labute approximate surface area is 120 Å². The van der Waals surface area contributed by atoms with Crippen molar-refractivity contribution in [3.8, 4) is 17.6 Å². The van der Waals surface area contributed by atoms with Gasteiger partial charge in [0.25, 0.3) is 0 Å². The van der Waals surface area contributed by atoms with Crippen LogP contribution in [0, 0.1) is 11.3 Å². The van der Waals surface area contributed by atoms with Gasteiger partial charge >= 0.3 is 0 Å². The van der Waals surface area contributed by atoms with E-state index in [4.69, 9.17) is 14.7 Å². The summed E-state index contributed by atoms with van der Waals surface area (Å²) < 4.78 is 11.9. The van der Waals surface area contributed by atoms with E-state index in [2.05, 4.69) is 22.0 Å². The van der Waals surface area contributed by atoms with Crippen LogP contribution >= 0.6 is 15.9 Å². The molecule has 2 rings (SSSR count). The Bertz CT molecular complexity index is 620. The Morgan fingerprint density at radius 2 is 1.95 bits per heavy atom. The van der Waals surface area contributed by atoms with Crippen molar-refractivity contribution in [2.45, 2.75) is 6.61 Å². The van der Waals surface area contributed by atoms with E-state index in [9.17, 15) is 0 Å². The van der Waals surface area contributed by atoms with Gasteiger partial charge in [0, 0.05) is 5.56 Å². The standard InChI is InChI=1S/C15H12BrNO2/c1-18-14-7-6-11(9-17)8-12(14)10-19-15-5-3-2-4-13(15)16/h2-8H,10H2,1H3. The number of para-hydroxylation sites is 1. The summed E-state index contributed by atoms with van der Waals surface area (Å²) in [5, 5.41) is 8.92. The molecule has 0 aromatic heterocycles. The van der Waals surface area contributed by atoms with Gasteiger partial charge in [-0.25, -0.2) is 0 Å². The van der Waals surface area contributed by atoms with Crippen LogP contribution in [0.2, 0.25) is 0 Å². The highest BCUT2D eigenvalue weighted by molar-refractivity contribution is 9.10. The van der Waals surface area contributed by atoms with Gasteiger partial charge in [-0.2, -0.15) is 5.26 Å². The first-order chi connectivity index (χ1) is 9.24. The second-order valence-electron chi connectivity index (χ2n) is 3.86. The number of hydrogen-bond donors (Lipinski definition) is 0. The first-order valence-electron chi connectivity index (χ1n) is 5.69. The van der Waals surface area contributed by atoms with E-state index in [1.807, 2.05) is 24.3 Å². The largest absolute Gasteiger partial charge is 0.496 e. The first kappa shape index (κ1) is 13.4. The molecule has 4 heteroatoms. The molecule has 0 aliphatic carbocycles. The molecular weight excluding hydrogens is 306 g/mol. The summed E-state index contributed by atoms with van der Waals surface area (Å²) in [5.74, 6) is 1.47. The van der Waals surface area contributed by atoms with E-state index in [1.54, 1.807) is 25.3 Å². The lowest BCUT2D eigenvalue weighted by atomic mass is 10.1. The van der Waals surface area contributed by atoms with Crippen molar-refractivity contribution in [3.05, 3.63) is 58.1 Å². The van der Waals surface area contributed by atoms with Crippen LogP contribution in [0.4, 0.5) is 0 Å². The molecule has 0 N–H and O–H groups in total. The van der Waals surface area contributed by atoms with E-state index in [1.165, 1.54) is 0 Å². The fourth-order valence-electron chi connectivity index (χ4n) is 1.68. The van der Waals surface area contributed by atoms with Crippen LogP contribution in [0.15, 0.2) is 46.9 Å². The van der Waals surface area contributed by atoms with Crippen LogP contribution in [0.1, 0.15) is 11.1 Å². The molecule has 0 aliphatic rings. The SMILES string of the molecule is COc1ccc(C#N)cc1COc1ccccc1Br. The van der Waals surface area contributed by atoms with Crippen LogP contribution in [0.5, 0.6) is 11.5 Å². The zero-order valence-corrected chi connectivity index (χ0v) is 12.0. The summed E-state index contributed by atoms with van der Waals surface area (Å²) in [4.78, 5) is 0. The highest BCUT2D eigenvalue weighted by Crippen LogP contribution is 2.27. The van der Waals surface area contributed by atoms with E-state index >= 15 is 0 Å². The highest BCUT2D eigenvalue weighted by Gasteiger charge is 2.06. The van der Waals surface area contributed by atoms with Gasteiger partial charge in [-0.3, -0.25) is 0 Å². The third kappa shape index (κ3) is 3.27. The molecule has 0 aliphatic heterocycles. The van der Waals surface area contributed by atoms with Gasteiger partial charge in [0.15, 0.2) is 0 Å². The molecule has 0 spiro atoms. The molecule has 0 bridgehead atoms. The lowest BCUT2D eigenvalue weighted by Crippen LogP contribution is -1.99. The Kier molecular flexibility index (Phi) is 4.43. The summed E-state index contributed by atoms with van der Waals surface area (Å²) >= 11 is 3.42. The fraction of sp³-hybridized carbons (Fsp3) is 0.133. The van der Waals surface area contributed by atoms with Gasteiger partial charge in [0.05, 0.1) is 23.2 Å². The maximum absolute atomic E-state index is 8.92. The van der Waals surface area contributed by atoms with Crippen LogP contribution in [-0.2, 0) is 6.61 Å². The number of ether oxygens (including phenoxy) is 2. The molecule has 0 unspecified atom stereocenters. The second kappa shape index (κ2) is 6.26. The number of methoxy groups -OCH3 is 1. The second-order valence-corrected chi connectivity index (χ2v) is 4.71. The lowest BCUT2D eigenvalue weighted by molar-refractivity contribution is 0.295. The van der Waals surface area contributed by atoms with Gasteiger partial charge in [0.1, 0.15) is 18.1 Å². The molecule has 0 saturated carbocycles. The smallest absolute Gasteiger partial charge is 0.133 e. The van der Waals surface area contributed by atoms with Crippen molar-refractivity contribution < 1.29 is 9.47 Å². The number of nitrogens with zero attached hydrogens (tertiary/aromatic N) is 1. The minimum absolute atomic E-state index is 0.349. The molecule has 2 aromatic rings. The quantitative estimate of drug-likeness (QED) is 0.858. The lowest BCUT2D eigenvalue weighted by Gasteiger charge is -2.11. The summed E-state index contributed by atoms with van der Waals surface area (Å²) in [6.45, 7) is 0.349. The number of rotatable bonds is 4. The molecule has 96 valence electrons. The third-order valence-electron chi connectivity index (χ3n) is 2.63. The van der Waals surface area contributed by atoms with Gasteiger partial charge < -0.3 is 9.47 Å². The van der Waals surface area contributed by atoms with Gasteiger partial charge in [-0.15, -0.1) is 0 Å². The van der Waals surface area contributed by atoms with E-state index in [-0.39, 0.29) is 0 Å². The predicted octanol–water partition coefficient (Wildman–Crippen LogP) is 3.91. The Morgan fingerprint density at radius 3 is 2.63 bits per heavy atom. The zero-order chi connectivity index (χ0) is 13.7. The maximum Gasteiger partial charge on any atom is 0.133 e. The Hall–Kier alpha value is -1.99. The molecule has 0 heterocycles. The maximum atomic E-state index is 8.92. The number of benzene rings is 2. The van der Waals surface area contributed by atoms with Crippen molar-refractivity contribution in [2.75, 3.05) is 7.11 Å². The molecule has 0 saturated heterocycles. The van der Waals surface area contributed by atoms with Crippen molar-refractivity contribution >= 4 is 15.9 Å². The first-order valence-corrected chi connectivity index (χ1v) is 6.48. The normalized spacial score (nSPS) is 9.74. The topological polar surface area (TPSA) is 42.2 Å². The molecule has 0 fully saturated rings. The average molecular weight is 318 g/mol. The van der Waals surface area contributed by atoms with Gasteiger partial charge in [-0.1, -0.05) is 12.1 Å². The summed E-state index contributed by atoms with van der Waals surface area (Å²) in [6.07, 6.45) is 0. The minimum atomic E-state index is 0.349. The van der Waals surface area contributed by atoms with E-state index in [0.29, 0.717) is 17.9 Å².